The Morgan fingerprint density at radius 1 is 1.35 bits per heavy atom. The highest BCUT2D eigenvalue weighted by Gasteiger charge is 2.26. The summed E-state index contributed by atoms with van der Waals surface area (Å²) in [7, 11) is 0. The van der Waals surface area contributed by atoms with E-state index in [0.717, 1.165) is 17.3 Å². The van der Waals surface area contributed by atoms with Gasteiger partial charge in [-0.25, -0.2) is 0 Å². The molecule has 0 spiro atoms. The van der Waals surface area contributed by atoms with Crippen LogP contribution in [0.3, 0.4) is 0 Å². The second-order valence-electron chi connectivity index (χ2n) is 5.68. The van der Waals surface area contributed by atoms with E-state index in [1.54, 1.807) is 0 Å². The van der Waals surface area contributed by atoms with Crippen LogP contribution in [0.4, 0.5) is 0 Å². The van der Waals surface area contributed by atoms with E-state index in [9.17, 15) is 0 Å². The summed E-state index contributed by atoms with van der Waals surface area (Å²) in [5.41, 5.74) is 0. The van der Waals surface area contributed by atoms with Crippen LogP contribution in [-0.4, -0.2) is 35.7 Å². The molecule has 2 aliphatic rings. The Morgan fingerprint density at radius 2 is 2.24 bits per heavy atom. The van der Waals surface area contributed by atoms with E-state index in [4.69, 9.17) is 0 Å². The molecule has 0 radical (unpaired) electrons. The molecule has 1 aliphatic heterocycles. The SMILES string of the molecule is CCSC1CCC(NC(C)CC2CCCN2)C1. The van der Waals surface area contributed by atoms with Crippen LogP contribution in [0, 0.1) is 0 Å². The van der Waals surface area contributed by atoms with E-state index in [1.807, 2.05) is 0 Å². The summed E-state index contributed by atoms with van der Waals surface area (Å²) in [6.07, 6.45) is 8.26. The van der Waals surface area contributed by atoms with Crippen LogP contribution in [0.25, 0.3) is 0 Å². The normalized spacial score (nSPS) is 35.3. The van der Waals surface area contributed by atoms with Crippen LogP contribution in [-0.2, 0) is 0 Å². The zero-order chi connectivity index (χ0) is 12.1. The van der Waals surface area contributed by atoms with E-state index >= 15 is 0 Å². The summed E-state index contributed by atoms with van der Waals surface area (Å²) in [6.45, 7) is 5.87. The Balaban J connectivity index is 1.63. The molecule has 4 atom stereocenters. The molecule has 2 N–H and O–H groups in total. The molecular weight excluding hydrogens is 228 g/mol. The smallest absolute Gasteiger partial charge is 0.00822 e. The summed E-state index contributed by atoms with van der Waals surface area (Å²) < 4.78 is 0. The first kappa shape index (κ1) is 13.7. The zero-order valence-corrected chi connectivity index (χ0v) is 12.2. The van der Waals surface area contributed by atoms with Crippen LogP contribution in [0.2, 0.25) is 0 Å². The molecule has 0 aromatic rings. The molecule has 2 rings (SSSR count). The predicted octanol–water partition coefficient (Wildman–Crippen LogP) is 2.78. The third-order valence-electron chi connectivity index (χ3n) is 4.11. The van der Waals surface area contributed by atoms with E-state index in [1.165, 1.54) is 50.8 Å². The van der Waals surface area contributed by atoms with E-state index in [-0.39, 0.29) is 0 Å². The van der Waals surface area contributed by atoms with Crippen molar-refractivity contribution < 1.29 is 0 Å². The molecule has 0 amide bonds. The molecule has 100 valence electrons. The number of nitrogens with one attached hydrogen (secondary N) is 2. The minimum Gasteiger partial charge on any atom is -0.314 e. The van der Waals surface area contributed by atoms with E-state index < -0.39 is 0 Å². The molecule has 17 heavy (non-hydrogen) atoms. The largest absolute Gasteiger partial charge is 0.314 e. The Bertz CT molecular complexity index is 216. The quantitative estimate of drug-likeness (QED) is 0.764. The van der Waals surface area contributed by atoms with Crippen molar-refractivity contribution in [3.05, 3.63) is 0 Å². The van der Waals surface area contributed by atoms with Gasteiger partial charge < -0.3 is 10.6 Å². The second kappa shape index (κ2) is 7.01. The molecule has 4 unspecified atom stereocenters. The Labute approximate surface area is 111 Å². The van der Waals surface area contributed by atoms with Gasteiger partial charge in [-0.15, -0.1) is 0 Å². The van der Waals surface area contributed by atoms with Gasteiger partial charge in [0.15, 0.2) is 0 Å². The van der Waals surface area contributed by atoms with Crippen molar-refractivity contribution in [3.63, 3.8) is 0 Å². The van der Waals surface area contributed by atoms with Crippen LogP contribution in [0.15, 0.2) is 0 Å². The molecule has 3 heteroatoms. The molecule has 2 nitrogen and oxygen atoms in total. The number of hydrogen-bond acceptors (Lipinski definition) is 3. The fourth-order valence-corrected chi connectivity index (χ4v) is 4.48. The van der Waals surface area contributed by atoms with E-state index in [2.05, 4.69) is 36.2 Å². The van der Waals surface area contributed by atoms with Crippen molar-refractivity contribution in [2.24, 2.45) is 0 Å². The van der Waals surface area contributed by atoms with Gasteiger partial charge >= 0.3 is 0 Å². The number of thioether (sulfide) groups is 1. The highest BCUT2D eigenvalue weighted by atomic mass is 32.2. The lowest BCUT2D eigenvalue weighted by Crippen LogP contribution is -2.39. The van der Waals surface area contributed by atoms with Gasteiger partial charge in [-0.2, -0.15) is 11.8 Å². The third kappa shape index (κ3) is 4.46. The summed E-state index contributed by atoms with van der Waals surface area (Å²) in [6, 6.07) is 2.25. The lowest BCUT2D eigenvalue weighted by atomic mass is 10.1. The van der Waals surface area contributed by atoms with Gasteiger partial charge in [-0.3, -0.25) is 0 Å². The second-order valence-corrected chi connectivity index (χ2v) is 7.26. The predicted molar refractivity (Wildman–Crippen MR) is 77.8 cm³/mol. The van der Waals surface area contributed by atoms with Crippen molar-refractivity contribution in [3.8, 4) is 0 Å². The van der Waals surface area contributed by atoms with Crippen molar-refractivity contribution in [2.45, 2.75) is 75.7 Å². The van der Waals surface area contributed by atoms with Crippen LogP contribution in [0.5, 0.6) is 0 Å². The van der Waals surface area contributed by atoms with Crippen LogP contribution >= 0.6 is 11.8 Å². The molecule has 0 aromatic carbocycles. The summed E-state index contributed by atoms with van der Waals surface area (Å²) in [5, 5.41) is 8.36. The van der Waals surface area contributed by atoms with Gasteiger partial charge in [0.25, 0.3) is 0 Å². The first-order chi connectivity index (χ1) is 8.28. The summed E-state index contributed by atoms with van der Waals surface area (Å²) >= 11 is 2.15. The van der Waals surface area contributed by atoms with Gasteiger partial charge in [0.05, 0.1) is 0 Å². The van der Waals surface area contributed by atoms with Gasteiger partial charge in [0, 0.05) is 23.4 Å². The van der Waals surface area contributed by atoms with Crippen LogP contribution < -0.4 is 10.6 Å². The van der Waals surface area contributed by atoms with Gasteiger partial charge in [0.2, 0.25) is 0 Å². The van der Waals surface area contributed by atoms with Crippen molar-refractivity contribution in [1.82, 2.24) is 10.6 Å². The first-order valence-electron chi connectivity index (χ1n) is 7.39. The number of rotatable bonds is 6. The summed E-state index contributed by atoms with van der Waals surface area (Å²) in [4.78, 5) is 0. The highest BCUT2D eigenvalue weighted by Crippen LogP contribution is 2.30. The minimum atomic E-state index is 0.681. The maximum atomic E-state index is 3.84. The Hall–Kier alpha value is 0.270. The fraction of sp³-hybridized carbons (Fsp3) is 1.00. The molecule has 0 bridgehead atoms. The molecule has 1 saturated carbocycles. The molecule has 0 aromatic heterocycles. The molecule has 1 heterocycles. The Kier molecular flexibility index (Phi) is 5.64. The lowest BCUT2D eigenvalue weighted by Gasteiger charge is -2.22. The third-order valence-corrected chi connectivity index (χ3v) is 5.34. The molecule has 1 saturated heterocycles. The van der Waals surface area contributed by atoms with Crippen LogP contribution in [0.1, 0.15) is 52.4 Å². The van der Waals surface area contributed by atoms with Gasteiger partial charge in [-0.1, -0.05) is 6.92 Å². The molecule has 1 aliphatic carbocycles. The maximum Gasteiger partial charge on any atom is 0.00822 e. The fourth-order valence-electron chi connectivity index (χ4n) is 3.33. The number of hydrogen-bond donors (Lipinski definition) is 2. The average molecular weight is 256 g/mol. The average Bonchev–Trinajstić information content (AvgIpc) is 2.91. The zero-order valence-electron chi connectivity index (χ0n) is 11.4. The minimum absolute atomic E-state index is 0.681. The van der Waals surface area contributed by atoms with E-state index in [0.29, 0.717) is 6.04 Å². The van der Waals surface area contributed by atoms with Crippen molar-refractivity contribution in [2.75, 3.05) is 12.3 Å². The molecule has 2 fully saturated rings. The van der Waals surface area contributed by atoms with Crippen molar-refractivity contribution in [1.29, 1.82) is 0 Å². The first-order valence-corrected chi connectivity index (χ1v) is 8.43. The highest BCUT2D eigenvalue weighted by molar-refractivity contribution is 7.99. The Morgan fingerprint density at radius 3 is 2.94 bits per heavy atom. The summed E-state index contributed by atoms with van der Waals surface area (Å²) in [5.74, 6) is 1.28. The maximum absolute atomic E-state index is 3.84. The van der Waals surface area contributed by atoms with Crippen molar-refractivity contribution >= 4 is 11.8 Å². The topological polar surface area (TPSA) is 24.1 Å². The van der Waals surface area contributed by atoms with Gasteiger partial charge in [0.1, 0.15) is 0 Å². The molecular formula is C14H28N2S. The van der Waals surface area contributed by atoms with Gasteiger partial charge in [-0.05, 0) is 57.7 Å². The standard InChI is InChI=1S/C14H28N2S/c1-3-17-14-7-6-13(10-14)16-11(2)9-12-5-4-8-15-12/h11-16H,3-10H2,1-2H3. The monoisotopic (exact) mass is 256 g/mol. The lowest BCUT2D eigenvalue weighted by molar-refractivity contribution is 0.393.